The fourth-order valence-corrected chi connectivity index (χ4v) is 5.11. The minimum Gasteiger partial charge on any atom is -0.486 e. The van der Waals surface area contributed by atoms with Gasteiger partial charge in [0.1, 0.15) is 23.2 Å². The molecule has 5 nitrogen and oxygen atoms in total. The third kappa shape index (κ3) is 6.89. The Labute approximate surface area is 211 Å². The van der Waals surface area contributed by atoms with Crippen molar-refractivity contribution >= 4 is 17.2 Å². The summed E-state index contributed by atoms with van der Waals surface area (Å²) in [5.41, 5.74) is 2.08. The fourth-order valence-electron chi connectivity index (χ4n) is 4.41. The molecule has 1 aliphatic rings. The maximum Gasteiger partial charge on any atom is 0.257 e. The largest absolute Gasteiger partial charge is 0.486 e. The van der Waals surface area contributed by atoms with Crippen LogP contribution in [0.25, 0.3) is 0 Å². The van der Waals surface area contributed by atoms with Crippen LogP contribution < -0.4 is 4.74 Å². The van der Waals surface area contributed by atoms with Gasteiger partial charge < -0.3 is 14.5 Å². The molecule has 7 heteroatoms. The normalized spacial score (nSPS) is 14.3. The molecule has 0 N–H and O–H groups in total. The molecule has 186 valence electrons. The fraction of sp³-hybridized carbons (Fsp3) is 0.429. The second kappa shape index (κ2) is 12.3. The average molecular weight is 496 g/mol. The van der Waals surface area contributed by atoms with Gasteiger partial charge in [-0.2, -0.15) is 0 Å². The van der Waals surface area contributed by atoms with Gasteiger partial charge in [0.25, 0.3) is 5.91 Å². The standard InChI is InChI=1S/C28H34FN3O2S/c1-21(2)23-10-5-7-13-26(23)34-19-27-30-22(20-35-27)18-32(17-16-31-14-8-3-9-15-31)28(33)24-11-4-6-12-25(24)29/h4-7,10-13,20-21H,3,8-9,14-19H2,1-2H3. The van der Waals surface area contributed by atoms with Crippen molar-refractivity contribution in [2.75, 3.05) is 26.2 Å². The molecule has 1 fully saturated rings. The average Bonchev–Trinajstić information content (AvgIpc) is 3.33. The molecular weight excluding hydrogens is 461 g/mol. The summed E-state index contributed by atoms with van der Waals surface area (Å²) >= 11 is 1.52. The molecule has 0 spiro atoms. The van der Waals surface area contributed by atoms with E-state index in [9.17, 15) is 9.18 Å². The highest BCUT2D eigenvalue weighted by Crippen LogP contribution is 2.27. The van der Waals surface area contributed by atoms with E-state index in [1.165, 1.54) is 42.2 Å². The Morgan fingerprint density at radius 2 is 1.86 bits per heavy atom. The number of likely N-dealkylation sites (tertiary alicyclic amines) is 1. The molecule has 1 aromatic heterocycles. The van der Waals surface area contributed by atoms with E-state index >= 15 is 0 Å². The topological polar surface area (TPSA) is 45.7 Å². The smallest absolute Gasteiger partial charge is 0.257 e. The van der Waals surface area contributed by atoms with E-state index in [4.69, 9.17) is 9.72 Å². The van der Waals surface area contributed by atoms with Crippen LogP contribution in [0.5, 0.6) is 5.75 Å². The highest BCUT2D eigenvalue weighted by atomic mass is 32.1. The van der Waals surface area contributed by atoms with E-state index in [-0.39, 0.29) is 11.5 Å². The Hall–Kier alpha value is -2.77. The van der Waals surface area contributed by atoms with Crippen molar-refractivity contribution in [3.63, 3.8) is 0 Å². The summed E-state index contributed by atoms with van der Waals surface area (Å²) in [4.78, 5) is 22.1. The molecule has 2 aromatic carbocycles. The molecule has 35 heavy (non-hydrogen) atoms. The zero-order chi connectivity index (χ0) is 24.6. The molecule has 4 rings (SSSR count). The first-order chi connectivity index (χ1) is 17.0. The van der Waals surface area contributed by atoms with Crippen LogP contribution in [-0.4, -0.2) is 46.9 Å². The number of rotatable bonds is 10. The molecule has 3 aromatic rings. The number of benzene rings is 2. The van der Waals surface area contributed by atoms with E-state index < -0.39 is 5.82 Å². The van der Waals surface area contributed by atoms with Crippen molar-refractivity contribution in [1.29, 1.82) is 0 Å². The summed E-state index contributed by atoms with van der Waals surface area (Å²) in [6.07, 6.45) is 3.65. The first-order valence-corrected chi connectivity index (χ1v) is 13.3. The number of thiazole rings is 1. The van der Waals surface area contributed by atoms with Gasteiger partial charge in [-0.05, 0) is 55.6 Å². The summed E-state index contributed by atoms with van der Waals surface area (Å²) in [7, 11) is 0. The molecule has 0 saturated carbocycles. The van der Waals surface area contributed by atoms with Crippen molar-refractivity contribution in [3.05, 3.63) is 81.6 Å². The Morgan fingerprint density at radius 3 is 2.63 bits per heavy atom. The minimum atomic E-state index is -0.489. The quantitative estimate of drug-likeness (QED) is 0.340. The summed E-state index contributed by atoms with van der Waals surface area (Å²) in [6, 6.07) is 14.3. The second-order valence-electron chi connectivity index (χ2n) is 9.32. The number of carbonyl (C=O) groups is 1. The van der Waals surface area contributed by atoms with Gasteiger partial charge in [0.2, 0.25) is 0 Å². The van der Waals surface area contributed by atoms with Crippen molar-refractivity contribution in [3.8, 4) is 5.75 Å². The van der Waals surface area contributed by atoms with Gasteiger partial charge in [0.15, 0.2) is 0 Å². The highest BCUT2D eigenvalue weighted by molar-refractivity contribution is 7.09. The van der Waals surface area contributed by atoms with Crippen molar-refractivity contribution in [2.45, 2.75) is 52.2 Å². The Kier molecular flexibility index (Phi) is 8.88. The van der Waals surface area contributed by atoms with Crippen LogP contribution in [0.15, 0.2) is 53.9 Å². The number of hydrogen-bond acceptors (Lipinski definition) is 5. The molecule has 0 atom stereocenters. The Balaban J connectivity index is 1.44. The van der Waals surface area contributed by atoms with Gasteiger partial charge in [0.05, 0.1) is 17.8 Å². The molecule has 0 radical (unpaired) electrons. The SMILES string of the molecule is CC(C)c1ccccc1OCc1nc(CN(CCN2CCCCC2)C(=O)c2ccccc2F)cs1. The lowest BCUT2D eigenvalue weighted by molar-refractivity contribution is 0.0708. The summed E-state index contributed by atoms with van der Waals surface area (Å²) in [5.74, 6) is 0.460. The number of halogens is 1. The highest BCUT2D eigenvalue weighted by Gasteiger charge is 2.22. The molecule has 1 aliphatic heterocycles. The van der Waals surface area contributed by atoms with Crippen molar-refractivity contribution < 1.29 is 13.9 Å². The van der Waals surface area contributed by atoms with Crippen LogP contribution in [0.2, 0.25) is 0 Å². The van der Waals surface area contributed by atoms with Crippen LogP contribution in [-0.2, 0) is 13.2 Å². The Morgan fingerprint density at radius 1 is 1.11 bits per heavy atom. The monoisotopic (exact) mass is 495 g/mol. The second-order valence-corrected chi connectivity index (χ2v) is 10.3. The number of carbonyl (C=O) groups excluding carboxylic acids is 1. The predicted octanol–water partition coefficient (Wildman–Crippen LogP) is 6.11. The van der Waals surface area contributed by atoms with E-state index in [0.717, 1.165) is 36.1 Å². The lowest BCUT2D eigenvalue weighted by Crippen LogP contribution is -2.40. The zero-order valence-electron chi connectivity index (χ0n) is 20.6. The molecule has 1 saturated heterocycles. The first kappa shape index (κ1) is 25.3. The van der Waals surface area contributed by atoms with E-state index in [1.807, 2.05) is 23.6 Å². The van der Waals surface area contributed by atoms with Crippen molar-refractivity contribution in [2.24, 2.45) is 0 Å². The van der Waals surface area contributed by atoms with Gasteiger partial charge in [-0.15, -0.1) is 11.3 Å². The van der Waals surface area contributed by atoms with Crippen LogP contribution in [0.3, 0.4) is 0 Å². The number of amides is 1. The maximum atomic E-state index is 14.4. The maximum absolute atomic E-state index is 14.4. The summed E-state index contributed by atoms with van der Waals surface area (Å²) in [5, 5.41) is 2.82. The van der Waals surface area contributed by atoms with E-state index in [2.05, 4.69) is 24.8 Å². The van der Waals surface area contributed by atoms with Crippen molar-refractivity contribution in [1.82, 2.24) is 14.8 Å². The number of ether oxygens (including phenoxy) is 1. The lowest BCUT2D eigenvalue weighted by Gasteiger charge is -2.30. The molecular formula is C28H34FN3O2S. The van der Waals surface area contributed by atoms with Crippen LogP contribution in [0, 0.1) is 5.82 Å². The number of nitrogens with zero attached hydrogens (tertiary/aromatic N) is 3. The minimum absolute atomic E-state index is 0.107. The third-order valence-corrected chi connectivity index (χ3v) is 7.24. The number of piperidine rings is 1. The first-order valence-electron chi connectivity index (χ1n) is 12.4. The number of para-hydroxylation sites is 1. The van der Waals surface area contributed by atoms with Gasteiger partial charge in [0, 0.05) is 18.5 Å². The van der Waals surface area contributed by atoms with Crippen LogP contribution in [0.1, 0.15) is 65.7 Å². The van der Waals surface area contributed by atoms with Gasteiger partial charge >= 0.3 is 0 Å². The molecule has 0 aliphatic carbocycles. The molecule has 0 unspecified atom stereocenters. The van der Waals surface area contributed by atoms with E-state index in [1.54, 1.807) is 23.1 Å². The van der Waals surface area contributed by atoms with Gasteiger partial charge in [-0.25, -0.2) is 9.37 Å². The Bertz CT molecular complexity index is 1110. The predicted molar refractivity (Wildman–Crippen MR) is 138 cm³/mol. The van der Waals surface area contributed by atoms with Gasteiger partial charge in [-0.3, -0.25) is 4.79 Å². The van der Waals surface area contributed by atoms with Crippen LogP contribution in [0.4, 0.5) is 4.39 Å². The third-order valence-electron chi connectivity index (χ3n) is 6.37. The lowest BCUT2D eigenvalue weighted by atomic mass is 10.0. The van der Waals surface area contributed by atoms with Crippen LogP contribution >= 0.6 is 11.3 Å². The van der Waals surface area contributed by atoms with E-state index in [0.29, 0.717) is 25.6 Å². The molecule has 2 heterocycles. The molecule has 1 amide bonds. The summed E-state index contributed by atoms with van der Waals surface area (Å²) in [6.45, 7) is 8.45. The number of hydrogen-bond donors (Lipinski definition) is 0. The van der Waals surface area contributed by atoms with Gasteiger partial charge in [-0.1, -0.05) is 50.6 Å². The zero-order valence-corrected chi connectivity index (χ0v) is 21.4. The summed E-state index contributed by atoms with van der Waals surface area (Å²) < 4.78 is 20.5. The molecule has 0 bridgehead atoms. The number of aromatic nitrogens is 1.